The molecule has 7 heteroatoms. The number of nitrogens with two attached hydrogens (primary N) is 1. The minimum absolute atomic E-state index is 0.121. The molecule has 0 radical (unpaired) electrons. The summed E-state index contributed by atoms with van der Waals surface area (Å²) in [4.78, 5) is 8.77. The molecule has 0 saturated carbocycles. The molecule has 0 spiro atoms. The van der Waals surface area contributed by atoms with Crippen molar-refractivity contribution >= 4 is 34.6 Å². The molecule has 1 aromatic heterocycles. The highest BCUT2D eigenvalue weighted by atomic mass is 35.5. The molecule has 0 aromatic carbocycles. The van der Waals surface area contributed by atoms with Crippen molar-refractivity contribution in [1.29, 1.82) is 0 Å². The quantitative estimate of drug-likeness (QED) is 0.862. The lowest BCUT2D eigenvalue weighted by molar-refractivity contribution is 0.223. The van der Waals surface area contributed by atoms with Gasteiger partial charge in [0.15, 0.2) is 11.6 Å². The van der Waals surface area contributed by atoms with E-state index in [4.69, 9.17) is 29.6 Å². The average molecular weight is 317 g/mol. The first-order valence-electron chi connectivity index (χ1n) is 6.62. The number of aromatic nitrogens is 1. The number of nitrogens with zero attached hydrogens (tertiary/aromatic N) is 3. The maximum Gasteiger partial charge on any atom is 0.167 e. The molecule has 2 rings (SSSR count). The first-order chi connectivity index (χ1) is 9.52. The van der Waals surface area contributed by atoms with Crippen LogP contribution >= 0.6 is 23.8 Å². The molecular weight excluding hydrogens is 299 g/mol. The first kappa shape index (κ1) is 15.4. The van der Waals surface area contributed by atoms with E-state index in [1.165, 1.54) is 12.3 Å². The van der Waals surface area contributed by atoms with Crippen LogP contribution in [0.3, 0.4) is 0 Å². The molecule has 0 aliphatic carbocycles. The van der Waals surface area contributed by atoms with Crippen LogP contribution in [0.1, 0.15) is 13.3 Å². The summed E-state index contributed by atoms with van der Waals surface area (Å²) < 4.78 is 13.8. The minimum Gasteiger partial charge on any atom is -0.392 e. The zero-order valence-corrected chi connectivity index (χ0v) is 12.9. The van der Waals surface area contributed by atoms with Gasteiger partial charge in [0, 0.05) is 32.4 Å². The van der Waals surface area contributed by atoms with Gasteiger partial charge in [-0.25, -0.2) is 9.37 Å². The third kappa shape index (κ3) is 3.37. The van der Waals surface area contributed by atoms with Gasteiger partial charge in [-0.1, -0.05) is 30.7 Å². The molecular formula is C13H18ClFN4S. The van der Waals surface area contributed by atoms with E-state index < -0.39 is 0 Å². The number of hydrogen-bond donors (Lipinski definition) is 1. The lowest BCUT2D eigenvalue weighted by atomic mass is 10.1. The Balaban J connectivity index is 2.02. The molecule has 0 bridgehead atoms. The SMILES string of the molecule is CCC(C(N)=S)N1CCN(c2ncc(Cl)cc2F)CC1. The Labute approximate surface area is 128 Å². The van der Waals surface area contributed by atoms with E-state index in [0.717, 1.165) is 19.5 Å². The summed E-state index contributed by atoms with van der Waals surface area (Å²) in [5.74, 6) is -0.0234. The number of piperazine rings is 1. The van der Waals surface area contributed by atoms with Gasteiger partial charge in [0.2, 0.25) is 0 Å². The Kier molecular flexibility index (Phi) is 5.12. The van der Waals surface area contributed by atoms with Gasteiger partial charge in [-0.05, 0) is 12.5 Å². The molecule has 1 aliphatic heterocycles. The van der Waals surface area contributed by atoms with Gasteiger partial charge in [-0.3, -0.25) is 4.90 Å². The highest BCUT2D eigenvalue weighted by Gasteiger charge is 2.26. The van der Waals surface area contributed by atoms with Crippen LogP contribution in [0.4, 0.5) is 10.2 Å². The van der Waals surface area contributed by atoms with Gasteiger partial charge in [-0.15, -0.1) is 0 Å². The zero-order valence-electron chi connectivity index (χ0n) is 11.4. The van der Waals surface area contributed by atoms with E-state index in [1.807, 2.05) is 4.90 Å². The Morgan fingerprint density at radius 3 is 2.65 bits per heavy atom. The summed E-state index contributed by atoms with van der Waals surface area (Å²) in [7, 11) is 0. The fraction of sp³-hybridized carbons (Fsp3) is 0.538. The van der Waals surface area contributed by atoms with Crippen LogP contribution in [-0.2, 0) is 0 Å². The van der Waals surface area contributed by atoms with Crippen molar-refractivity contribution in [2.24, 2.45) is 5.73 Å². The number of thiocarbonyl (C=S) groups is 1. The van der Waals surface area contributed by atoms with Crippen LogP contribution in [0.15, 0.2) is 12.3 Å². The molecule has 1 aliphatic rings. The molecule has 1 fully saturated rings. The normalized spacial score (nSPS) is 18.1. The number of anilines is 1. The van der Waals surface area contributed by atoms with Crippen molar-refractivity contribution < 1.29 is 4.39 Å². The maximum absolute atomic E-state index is 13.8. The van der Waals surface area contributed by atoms with E-state index in [1.54, 1.807) is 0 Å². The van der Waals surface area contributed by atoms with Gasteiger partial charge >= 0.3 is 0 Å². The molecule has 4 nitrogen and oxygen atoms in total. The van der Waals surface area contributed by atoms with E-state index >= 15 is 0 Å². The number of rotatable bonds is 4. The third-order valence-corrected chi connectivity index (χ3v) is 4.04. The molecule has 20 heavy (non-hydrogen) atoms. The highest BCUT2D eigenvalue weighted by molar-refractivity contribution is 7.80. The standard InChI is InChI=1S/C13H18ClFN4S/c1-2-11(12(16)20)18-3-5-19(6-4-18)13-10(15)7-9(14)8-17-13/h7-8,11H,2-6H2,1H3,(H2,16,20). The van der Waals surface area contributed by atoms with Crippen molar-refractivity contribution in [2.45, 2.75) is 19.4 Å². The maximum atomic E-state index is 13.8. The summed E-state index contributed by atoms with van der Waals surface area (Å²) >= 11 is 10.8. The number of pyridine rings is 1. The predicted molar refractivity (Wildman–Crippen MR) is 83.9 cm³/mol. The van der Waals surface area contributed by atoms with Crippen molar-refractivity contribution in [3.63, 3.8) is 0 Å². The lowest BCUT2D eigenvalue weighted by Crippen LogP contribution is -2.53. The van der Waals surface area contributed by atoms with Crippen LogP contribution in [0.2, 0.25) is 5.02 Å². The smallest absolute Gasteiger partial charge is 0.167 e. The van der Waals surface area contributed by atoms with Gasteiger partial charge in [0.05, 0.1) is 16.1 Å². The first-order valence-corrected chi connectivity index (χ1v) is 7.41. The predicted octanol–water partition coefficient (Wildman–Crippen LogP) is 2.06. The third-order valence-electron chi connectivity index (χ3n) is 3.56. The Hall–Kier alpha value is -0.980. The van der Waals surface area contributed by atoms with E-state index in [-0.39, 0.29) is 11.9 Å². The second-order valence-corrected chi connectivity index (χ2v) is 5.72. The average Bonchev–Trinajstić information content (AvgIpc) is 2.40. The second kappa shape index (κ2) is 6.65. The Morgan fingerprint density at radius 2 is 2.15 bits per heavy atom. The Bertz CT molecular complexity index is 491. The molecule has 1 atom stereocenters. The number of halogens is 2. The minimum atomic E-state index is -0.382. The molecule has 2 heterocycles. The van der Waals surface area contributed by atoms with Gasteiger partial charge in [0.1, 0.15) is 0 Å². The molecule has 2 N–H and O–H groups in total. The van der Waals surface area contributed by atoms with Gasteiger partial charge in [0.25, 0.3) is 0 Å². The van der Waals surface area contributed by atoms with Gasteiger partial charge < -0.3 is 10.6 Å². The molecule has 1 aromatic rings. The lowest BCUT2D eigenvalue weighted by Gasteiger charge is -2.39. The summed E-state index contributed by atoms with van der Waals surface area (Å²) in [5, 5.41) is 0.310. The van der Waals surface area contributed by atoms with E-state index in [2.05, 4.69) is 16.8 Å². The second-order valence-electron chi connectivity index (χ2n) is 4.81. The van der Waals surface area contributed by atoms with E-state index in [9.17, 15) is 4.39 Å². The summed E-state index contributed by atoms with van der Waals surface area (Å²) in [6, 6.07) is 1.41. The Morgan fingerprint density at radius 1 is 1.50 bits per heavy atom. The van der Waals surface area contributed by atoms with E-state index in [0.29, 0.717) is 28.9 Å². The van der Waals surface area contributed by atoms with Crippen molar-refractivity contribution in [1.82, 2.24) is 9.88 Å². The fourth-order valence-electron chi connectivity index (χ4n) is 2.52. The van der Waals surface area contributed by atoms with Crippen LogP contribution < -0.4 is 10.6 Å². The highest BCUT2D eigenvalue weighted by Crippen LogP contribution is 2.21. The molecule has 1 unspecified atom stereocenters. The van der Waals surface area contributed by atoms with Crippen LogP contribution in [0, 0.1) is 5.82 Å². The molecule has 0 amide bonds. The van der Waals surface area contributed by atoms with Gasteiger partial charge in [-0.2, -0.15) is 0 Å². The zero-order chi connectivity index (χ0) is 14.7. The fourth-order valence-corrected chi connectivity index (χ4v) is 2.99. The van der Waals surface area contributed by atoms with Crippen molar-refractivity contribution in [2.75, 3.05) is 31.1 Å². The molecule has 1 saturated heterocycles. The van der Waals surface area contributed by atoms with Crippen molar-refractivity contribution in [3.8, 4) is 0 Å². The van der Waals surface area contributed by atoms with Crippen LogP contribution in [-0.4, -0.2) is 47.1 Å². The van der Waals surface area contributed by atoms with Crippen molar-refractivity contribution in [3.05, 3.63) is 23.1 Å². The summed E-state index contributed by atoms with van der Waals surface area (Å²) in [6.07, 6.45) is 2.36. The summed E-state index contributed by atoms with van der Waals surface area (Å²) in [6.45, 7) is 5.05. The summed E-state index contributed by atoms with van der Waals surface area (Å²) in [5.41, 5.74) is 5.75. The van der Waals surface area contributed by atoms with Crippen LogP contribution in [0.5, 0.6) is 0 Å². The monoisotopic (exact) mass is 316 g/mol. The molecule has 110 valence electrons. The largest absolute Gasteiger partial charge is 0.392 e. The number of hydrogen-bond acceptors (Lipinski definition) is 4. The van der Waals surface area contributed by atoms with Crippen LogP contribution in [0.25, 0.3) is 0 Å². The topological polar surface area (TPSA) is 45.4 Å².